The van der Waals surface area contributed by atoms with E-state index in [1.807, 2.05) is 13.0 Å². The minimum Gasteiger partial charge on any atom is -0.493 e. The van der Waals surface area contributed by atoms with Crippen LogP contribution in [0.4, 0.5) is 0 Å². The molecular formula is C11H14O3. The van der Waals surface area contributed by atoms with Crippen molar-refractivity contribution in [3.05, 3.63) is 24.0 Å². The van der Waals surface area contributed by atoms with Crippen LogP contribution in [0.1, 0.15) is 19.8 Å². The van der Waals surface area contributed by atoms with Gasteiger partial charge in [-0.05, 0) is 38.0 Å². The Morgan fingerprint density at radius 3 is 3.00 bits per heavy atom. The molecule has 2 atom stereocenters. The topological polar surface area (TPSA) is 35.5 Å². The number of rotatable bonds is 1. The van der Waals surface area contributed by atoms with E-state index in [2.05, 4.69) is 0 Å². The van der Waals surface area contributed by atoms with Crippen LogP contribution in [0.25, 0.3) is 0 Å². The quantitative estimate of drug-likeness (QED) is 0.636. The fourth-order valence-electron chi connectivity index (χ4n) is 1.95. The Morgan fingerprint density at radius 2 is 2.43 bits per heavy atom. The van der Waals surface area contributed by atoms with Crippen LogP contribution < -0.4 is 0 Å². The summed E-state index contributed by atoms with van der Waals surface area (Å²) in [5.41, 5.74) is -0.390. The Balaban J connectivity index is 2.26. The normalized spacial score (nSPS) is 36.3. The van der Waals surface area contributed by atoms with Crippen LogP contribution in [-0.2, 0) is 14.3 Å². The number of methoxy groups -OCH3 is 1. The fraction of sp³-hybridized carbons (Fsp3) is 0.545. The highest BCUT2D eigenvalue weighted by Gasteiger charge is 2.37. The molecule has 1 saturated heterocycles. The summed E-state index contributed by atoms with van der Waals surface area (Å²) in [7, 11) is 1.51. The molecule has 0 aromatic carbocycles. The van der Waals surface area contributed by atoms with Gasteiger partial charge >= 0.3 is 0 Å². The van der Waals surface area contributed by atoms with Gasteiger partial charge in [-0.15, -0.1) is 0 Å². The maximum Gasteiger partial charge on any atom is 0.219 e. The molecule has 2 rings (SSSR count). The number of allylic oxidation sites excluding steroid dienone is 1. The molecule has 1 fully saturated rings. The van der Waals surface area contributed by atoms with E-state index in [4.69, 9.17) is 9.47 Å². The predicted molar refractivity (Wildman–Crippen MR) is 51.8 cm³/mol. The first kappa shape index (κ1) is 9.46. The molecule has 0 amide bonds. The third-order valence-corrected chi connectivity index (χ3v) is 2.72. The lowest BCUT2D eigenvalue weighted by Gasteiger charge is -2.25. The van der Waals surface area contributed by atoms with Crippen molar-refractivity contribution in [3.63, 3.8) is 0 Å². The lowest BCUT2D eigenvalue weighted by Crippen LogP contribution is -2.28. The summed E-state index contributed by atoms with van der Waals surface area (Å²) >= 11 is 0. The summed E-state index contributed by atoms with van der Waals surface area (Å²) in [6.07, 6.45) is 7.36. The first-order valence-corrected chi connectivity index (χ1v) is 4.83. The number of ketones is 1. The van der Waals surface area contributed by atoms with Crippen molar-refractivity contribution in [2.24, 2.45) is 0 Å². The monoisotopic (exact) mass is 194 g/mol. The van der Waals surface area contributed by atoms with Gasteiger partial charge in [-0.1, -0.05) is 0 Å². The summed E-state index contributed by atoms with van der Waals surface area (Å²) in [6, 6.07) is 0. The number of ether oxygens (including phenoxy) is 2. The van der Waals surface area contributed by atoms with Crippen LogP contribution in [0, 0.1) is 0 Å². The second-order valence-corrected chi connectivity index (χ2v) is 3.83. The molecular weight excluding hydrogens is 180 g/mol. The lowest BCUT2D eigenvalue weighted by molar-refractivity contribution is -0.114. The maximum atomic E-state index is 11.3. The Kier molecular flexibility index (Phi) is 2.19. The molecule has 3 heteroatoms. The molecule has 14 heavy (non-hydrogen) atoms. The summed E-state index contributed by atoms with van der Waals surface area (Å²) in [6.45, 7) is 2.04. The Morgan fingerprint density at radius 1 is 1.64 bits per heavy atom. The van der Waals surface area contributed by atoms with Gasteiger partial charge in [0.1, 0.15) is 5.60 Å². The highest BCUT2D eigenvalue weighted by atomic mass is 16.5. The van der Waals surface area contributed by atoms with Gasteiger partial charge in [0, 0.05) is 0 Å². The van der Waals surface area contributed by atoms with Gasteiger partial charge in [0.15, 0.2) is 5.76 Å². The van der Waals surface area contributed by atoms with Crippen molar-refractivity contribution in [2.45, 2.75) is 31.5 Å². The van der Waals surface area contributed by atoms with Crippen LogP contribution in [0.2, 0.25) is 0 Å². The molecule has 1 unspecified atom stereocenters. The van der Waals surface area contributed by atoms with E-state index in [-0.39, 0.29) is 11.9 Å². The number of carbonyl (C=O) groups is 1. The number of hydrogen-bond acceptors (Lipinski definition) is 3. The minimum atomic E-state index is -0.390. The van der Waals surface area contributed by atoms with Crippen LogP contribution >= 0.6 is 0 Å². The SMILES string of the molecule is COC1=C[C@]2(C=CC1=O)CCC(C)O2. The predicted octanol–water partition coefficient (Wildman–Crippen LogP) is 1.59. The molecule has 0 radical (unpaired) electrons. The van der Waals surface area contributed by atoms with E-state index < -0.39 is 5.60 Å². The van der Waals surface area contributed by atoms with Crippen LogP contribution in [-0.4, -0.2) is 24.6 Å². The highest BCUT2D eigenvalue weighted by molar-refractivity contribution is 6.03. The zero-order valence-corrected chi connectivity index (χ0v) is 8.45. The van der Waals surface area contributed by atoms with Crippen molar-refractivity contribution in [1.82, 2.24) is 0 Å². The molecule has 1 aliphatic carbocycles. The Hall–Kier alpha value is -1.09. The second-order valence-electron chi connectivity index (χ2n) is 3.83. The van der Waals surface area contributed by atoms with Crippen molar-refractivity contribution < 1.29 is 14.3 Å². The fourth-order valence-corrected chi connectivity index (χ4v) is 1.95. The molecule has 0 N–H and O–H groups in total. The van der Waals surface area contributed by atoms with E-state index in [1.165, 1.54) is 13.2 Å². The smallest absolute Gasteiger partial charge is 0.219 e. The van der Waals surface area contributed by atoms with Gasteiger partial charge in [-0.3, -0.25) is 4.79 Å². The molecule has 1 heterocycles. The van der Waals surface area contributed by atoms with Crippen LogP contribution in [0.3, 0.4) is 0 Å². The molecule has 3 nitrogen and oxygen atoms in total. The highest BCUT2D eigenvalue weighted by Crippen LogP contribution is 2.35. The molecule has 0 bridgehead atoms. The average molecular weight is 194 g/mol. The second kappa shape index (κ2) is 3.24. The lowest BCUT2D eigenvalue weighted by atomic mass is 9.93. The standard InChI is InChI=1S/C11H14O3/c1-8-3-5-11(14-8)6-4-9(12)10(7-11)13-2/h4,6-8H,3,5H2,1-2H3/t8?,11-/m1/s1. The molecule has 76 valence electrons. The average Bonchev–Trinajstić information content (AvgIpc) is 2.53. The summed E-state index contributed by atoms with van der Waals surface area (Å²) in [5.74, 6) is 0.308. The maximum absolute atomic E-state index is 11.3. The van der Waals surface area contributed by atoms with Crippen LogP contribution in [0.5, 0.6) is 0 Å². The molecule has 0 aromatic heterocycles. The zero-order valence-electron chi connectivity index (χ0n) is 8.45. The Labute approximate surface area is 83.4 Å². The third-order valence-electron chi connectivity index (χ3n) is 2.72. The van der Waals surface area contributed by atoms with E-state index >= 15 is 0 Å². The molecule has 0 aromatic rings. The van der Waals surface area contributed by atoms with Gasteiger partial charge in [-0.2, -0.15) is 0 Å². The van der Waals surface area contributed by atoms with Gasteiger partial charge in [-0.25, -0.2) is 0 Å². The summed E-state index contributed by atoms with van der Waals surface area (Å²) in [4.78, 5) is 11.3. The number of hydrogen-bond donors (Lipinski definition) is 0. The van der Waals surface area contributed by atoms with E-state index in [1.54, 1.807) is 6.08 Å². The Bertz CT molecular complexity index is 316. The summed E-state index contributed by atoms with van der Waals surface area (Å²) in [5, 5.41) is 0. The van der Waals surface area contributed by atoms with Crippen molar-refractivity contribution in [1.29, 1.82) is 0 Å². The first-order valence-electron chi connectivity index (χ1n) is 4.83. The van der Waals surface area contributed by atoms with Gasteiger partial charge in [0.2, 0.25) is 5.78 Å². The van der Waals surface area contributed by atoms with Gasteiger partial charge in [0.25, 0.3) is 0 Å². The first-order chi connectivity index (χ1) is 6.65. The largest absolute Gasteiger partial charge is 0.493 e. The summed E-state index contributed by atoms with van der Waals surface area (Å²) < 4.78 is 10.8. The van der Waals surface area contributed by atoms with Gasteiger partial charge in [0.05, 0.1) is 13.2 Å². The van der Waals surface area contributed by atoms with Crippen molar-refractivity contribution >= 4 is 5.78 Å². The van der Waals surface area contributed by atoms with E-state index in [0.717, 1.165) is 12.8 Å². The molecule has 1 spiro atoms. The molecule has 1 aliphatic heterocycles. The van der Waals surface area contributed by atoms with Crippen molar-refractivity contribution in [2.75, 3.05) is 7.11 Å². The minimum absolute atomic E-state index is 0.0821. The molecule has 2 aliphatic rings. The van der Waals surface area contributed by atoms with E-state index in [0.29, 0.717) is 5.76 Å². The van der Waals surface area contributed by atoms with Crippen molar-refractivity contribution in [3.8, 4) is 0 Å². The zero-order chi connectivity index (χ0) is 10.2. The third kappa shape index (κ3) is 1.48. The molecule has 0 saturated carbocycles. The van der Waals surface area contributed by atoms with Gasteiger partial charge < -0.3 is 9.47 Å². The number of carbonyl (C=O) groups excluding carboxylic acids is 1. The van der Waals surface area contributed by atoms with E-state index in [9.17, 15) is 4.79 Å². The van der Waals surface area contributed by atoms with Crippen LogP contribution in [0.15, 0.2) is 24.0 Å².